The standard InChI is InChI=1S/C22H16F6N4O3/c1-12-18(11-35-15-3-5-19-13(8-15)6-7-31(19)10-20(33)34)30-32(29-12)14-2-4-16(21(23,24)25)17(9-14)22(26,27)28/h2-9H,10-11H2,1H3,(H,33,34). The first-order valence-electron chi connectivity index (χ1n) is 9.98. The molecule has 0 fully saturated rings. The van der Waals surface area contributed by atoms with E-state index in [0.29, 0.717) is 29.1 Å². The zero-order chi connectivity index (χ0) is 25.5. The molecule has 0 saturated heterocycles. The highest BCUT2D eigenvalue weighted by molar-refractivity contribution is 5.83. The quantitative estimate of drug-likeness (QED) is 0.368. The van der Waals surface area contributed by atoms with Crippen LogP contribution in [0.1, 0.15) is 22.5 Å². The largest absolute Gasteiger partial charge is 0.487 e. The molecule has 1 N–H and O–H groups in total. The van der Waals surface area contributed by atoms with Crippen LogP contribution < -0.4 is 4.74 Å². The second kappa shape index (κ2) is 8.64. The van der Waals surface area contributed by atoms with Gasteiger partial charge >= 0.3 is 18.3 Å². The number of carboxylic acids is 1. The summed E-state index contributed by atoms with van der Waals surface area (Å²) < 4.78 is 86.0. The van der Waals surface area contributed by atoms with Crippen molar-refractivity contribution in [2.75, 3.05) is 0 Å². The van der Waals surface area contributed by atoms with Gasteiger partial charge in [0.1, 0.15) is 24.6 Å². The van der Waals surface area contributed by atoms with E-state index in [4.69, 9.17) is 9.84 Å². The van der Waals surface area contributed by atoms with Crippen molar-refractivity contribution < 1.29 is 41.0 Å². The van der Waals surface area contributed by atoms with E-state index in [9.17, 15) is 31.1 Å². The van der Waals surface area contributed by atoms with Crippen molar-refractivity contribution in [1.29, 1.82) is 0 Å². The molecule has 0 radical (unpaired) electrons. The maximum atomic E-state index is 13.2. The monoisotopic (exact) mass is 498 g/mol. The molecule has 0 saturated carbocycles. The van der Waals surface area contributed by atoms with Crippen molar-refractivity contribution in [2.45, 2.75) is 32.4 Å². The Labute approximate surface area is 193 Å². The second-order valence-electron chi connectivity index (χ2n) is 7.59. The molecule has 4 rings (SSSR count). The third-order valence-electron chi connectivity index (χ3n) is 5.15. The van der Waals surface area contributed by atoms with Crippen molar-refractivity contribution in [3.8, 4) is 11.4 Å². The number of aliphatic carboxylic acids is 1. The summed E-state index contributed by atoms with van der Waals surface area (Å²) in [5.74, 6) is -0.565. The number of halogens is 6. The van der Waals surface area contributed by atoms with Gasteiger partial charge in [-0.2, -0.15) is 36.2 Å². The number of aryl methyl sites for hydroxylation is 1. The number of rotatable bonds is 6. The third kappa shape index (κ3) is 5.08. The zero-order valence-electron chi connectivity index (χ0n) is 17.9. The predicted octanol–water partition coefficient (Wildman–Crippen LogP) is 5.23. The van der Waals surface area contributed by atoms with Crippen molar-refractivity contribution in [3.63, 3.8) is 0 Å². The number of benzene rings is 2. The summed E-state index contributed by atoms with van der Waals surface area (Å²) in [6.45, 7) is 1.22. The van der Waals surface area contributed by atoms with E-state index in [2.05, 4.69) is 10.2 Å². The summed E-state index contributed by atoms with van der Waals surface area (Å²) in [4.78, 5) is 11.8. The van der Waals surface area contributed by atoms with Gasteiger partial charge in [0.05, 0.1) is 22.5 Å². The molecule has 7 nitrogen and oxygen atoms in total. The molecule has 0 atom stereocenters. The summed E-state index contributed by atoms with van der Waals surface area (Å²) in [5, 5.41) is 17.8. The molecule has 0 amide bonds. The van der Waals surface area contributed by atoms with E-state index >= 15 is 0 Å². The Morgan fingerprint density at radius 1 is 0.971 bits per heavy atom. The molecule has 0 aliphatic heterocycles. The molecule has 0 bridgehead atoms. The topological polar surface area (TPSA) is 82.2 Å². The van der Waals surface area contributed by atoms with Gasteiger partial charge in [0.2, 0.25) is 0 Å². The molecule has 2 aromatic heterocycles. The number of hydrogen-bond acceptors (Lipinski definition) is 4. The number of carboxylic acid groups (broad SMARTS) is 1. The molecule has 2 aromatic carbocycles. The normalized spacial score (nSPS) is 12.3. The minimum absolute atomic E-state index is 0.111. The minimum atomic E-state index is -5.23. The van der Waals surface area contributed by atoms with Crippen molar-refractivity contribution in [1.82, 2.24) is 19.6 Å². The lowest BCUT2D eigenvalue weighted by Gasteiger charge is -2.16. The second-order valence-corrected chi connectivity index (χ2v) is 7.59. The molecular weight excluding hydrogens is 482 g/mol. The summed E-state index contributed by atoms with van der Waals surface area (Å²) in [7, 11) is 0. The molecule has 2 heterocycles. The van der Waals surface area contributed by atoms with Crippen LogP contribution in [0.4, 0.5) is 26.3 Å². The fourth-order valence-corrected chi connectivity index (χ4v) is 3.50. The Morgan fingerprint density at radius 2 is 1.69 bits per heavy atom. The van der Waals surface area contributed by atoms with E-state index in [1.165, 1.54) is 6.92 Å². The van der Waals surface area contributed by atoms with E-state index in [0.717, 1.165) is 16.2 Å². The van der Waals surface area contributed by atoms with Gasteiger partial charge < -0.3 is 14.4 Å². The van der Waals surface area contributed by atoms with Gasteiger partial charge in [0.25, 0.3) is 0 Å². The van der Waals surface area contributed by atoms with E-state index in [1.54, 1.807) is 35.0 Å². The van der Waals surface area contributed by atoms with Crippen LogP contribution in [-0.4, -0.2) is 30.6 Å². The van der Waals surface area contributed by atoms with E-state index in [1.807, 2.05) is 0 Å². The summed E-state index contributed by atoms with van der Waals surface area (Å²) in [6.07, 6.45) is -8.78. The Morgan fingerprint density at radius 3 is 2.34 bits per heavy atom. The number of aromatic nitrogens is 4. The summed E-state index contributed by atoms with van der Waals surface area (Å²) in [5.41, 5.74) is -2.66. The van der Waals surface area contributed by atoms with Crippen molar-refractivity contribution in [3.05, 3.63) is 71.2 Å². The first-order chi connectivity index (χ1) is 16.3. The van der Waals surface area contributed by atoms with Crippen LogP contribution in [0.15, 0.2) is 48.7 Å². The van der Waals surface area contributed by atoms with Crippen molar-refractivity contribution in [2.24, 2.45) is 0 Å². The number of fused-ring (bicyclic) bond motifs is 1. The molecule has 0 unspecified atom stereocenters. The maximum Gasteiger partial charge on any atom is 0.417 e. The Hall–Kier alpha value is -4.03. The average Bonchev–Trinajstić information content (AvgIpc) is 3.33. The highest BCUT2D eigenvalue weighted by Gasteiger charge is 2.43. The Bertz CT molecular complexity index is 1400. The first kappa shape index (κ1) is 24.1. The lowest BCUT2D eigenvalue weighted by atomic mass is 10.1. The van der Waals surface area contributed by atoms with Gasteiger partial charge in [-0.3, -0.25) is 4.79 Å². The van der Waals surface area contributed by atoms with Crippen LogP contribution >= 0.6 is 0 Å². The zero-order valence-corrected chi connectivity index (χ0v) is 17.9. The van der Waals surface area contributed by atoms with E-state index < -0.39 is 29.4 Å². The molecule has 13 heteroatoms. The molecule has 0 spiro atoms. The van der Waals surface area contributed by atoms with Gasteiger partial charge in [-0.1, -0.05) is 0 Å². The molecular formula is C22H16F6N4O3. The van der Waals surface area contributed by atoms with Crippen molar-refractivity contribution >= 4 is 16.9 Å². The molecule has 0 aliphatic carbocycles. The van der Waals surface area contributed by atoms with Crippen LogP contribution in [-0.2, 0) is 30.3 Å². The number of hydrogen-bond donors (Lipinski definition) is 1. The van der Waals surface area contributed by atoms with Crippen LogP contribution in [0.25, 0.3) is 16.6 Å². The van der Waals surface area contributed by atoms with Crippen LogP contribution in [0.2, 0.25) is 0 Å². The summed E-state index contributed by atoms with van der Waals surface area (Å²) >= 11 is 0. The third-order valence-corrected chi connectivity index (χ3v) is 5.15. The molecule has 184 valence electrons. The highest BCUT2D eigenvalue weighted by Crippen LogP contribution is 2.41. The number of ether oxygens (including phenoxy) is 1. The smallest absolute Gasteiger partial charge is 0.417 e. The fraction of sp³-hybridized carbons (Fsp3) is 0.227. The van der Waals surface area contributed by atoms with E-state index in [-0.39, 0.29) is 24.5 Å². The van der Waals surface area contributed by atoms with Crippen LogP contribution in [0, 0.1) is 6.92 Å². The van der Waals surface area contributed by atoms with Crippen LogP contribution in [0.3, 0.4) is 0 Å². The van der Waals surface area contributed by atoms with Gasteiger partial charge in [0, 0.05) is 17.1 Å². The number of alkyl halides is 6. The average molecular weight is 498 g/mol. The first-order valence-corrected chi connectivity index (χ1v) is 9.98. The minimum Gasteiger partial charge on any atom is -0.487 e. The fourth-order valence-electron chi connectivity index (χ4n) is 3.50. The van der Waals surface area contributed by atoms with Gasteiger partial charge in [-0.15, -0.1) is 5.10 Å². The Kier molecular flexibility index (Phi) is 5.95. The Balaban J connectivity index is 1.56. The summed E-state index contributed by atoms with van der Waals surface area (Å²) in [6, 6.07) is 8.25. The van der Waals surface area contributed by atoms with Gasteiger partial charge in [-0.05, 0) is 49.4 Å². The molecule has 0 aliphatic rings. The van der Waals surface area contributed by atoms with Gasteiger partial charge in [0.15, 0.2) is 0 Å². The highest BCUT2D eigenvalue weighted by atomic mass is 19.4. The lowest BCUT2D eigenvalue weighted by Crippen LogP contribution is -2.17. The molecule has 4 aromatic rings. The predicted molar refractivity (Wildman–Crippen MR) is 110 cm³/mol. The molecule has 35 heavy (non-hydrogen) atoms. The number of carbonyl (C=O) groups is 1. The SMILES string of the molecule is Cc1nn(-c2ccc(C(F)(F)F)c(C(F)(F)F)c2)nc1COc1ccc2c(ccn2CC(=O)O)c1. The van der Waals surface area contributed by atoms with Gasteiger partial charge in [-0.25, -0.2) is 0 Å². The maximum absolute atomic E-state index is 13.2. The lowest BCUT2D eigenvalue weighted by molar-refractivity contribution is -0.162. The number of nitrogens with zero attached hydrogens (tertiary/aromatic N) is 4. The van der Waals surface area contributed by atoms with Crippen LogP contribution in [0.5, 0.6) is 5.75 Å².